The van der Waals surface area contributed by atoms with Crippen LogP contribution in [0.25, 0.3) is 0 Å². The fraction of sp³-hybridized carbons (Fsp3) is 0.538. The smallest absolute Gasteiger partial charge is 0.407 e. The SMILES string of the molecule is O=C(O)N1CCN(C(=O)N2CCC(O)(Cn3cnc(Cl)cc3=O)C3(CCCC3)C2)C(c2ccccc2)C1. The van der Waals surface area contributed by atoms with E-state index < -0.39 is 23.2 Å². The summed E-state index contributed by atoms with van der Waals surface area (Å²) in [5, 5.41) is 21.6. The molecule has 2 N–H and O–H groups in total. The van der Waals surface area contributed by atoms with Crippen molar-refractivity contribution in [2.45, 2.75) is 50.3 Å². The van der Waals surface area contributed by atoms with Gasteiger partial charge in [0.15, 0.2) is 0 Å². The zero-order chi connectivity index (χ0) is 26.2. The van der Waals surface area contributed by atoms with Gasteiger partial charge in [-0.25, -0.2) is 14.6 Å². The normalized spacial score (nSPS) is 25.5. The standard InChI is InChI=1S/C26H32ClN5O5/c27-21-14-22(33)31(18-28-21)17-26(37)10-11-30(16-25(26)8-4-5-9-25)23(34)32-13-12-29(24(35)36)15-20(32)19-6-2-1-3-7-19/h1-3,6-7,14,18,20,37H,4-5,8-13,15-17H2,(H,35,36). The van der Waals surface area contributed by atoms with Crippen LogP contribution in [0.3, 0.4) is 0 Å². The molecular weight excluding hydrogens is 498 g/mol. The first-order valence-corrected chi connectivity index (χ1v) is 13.1. The minimum atomic E-state index is -1.17. The summed E-state index contributed by atoms with van der Waals surface area (Å²) in [7, 11) is 0. The number of piperidine rings is 1. The van der Waals surface area contributed by atoms with Gasteiger partial charge < -0.3 is 24.9 Å². The van der Waals surface area contributed by atoms with E-state index in [0.717, 1.165) is 31.2 Å². The molecule has 2 unspecified atom stereocenters. The van der Waals surface area contributed by atoms with E-state index in [0.29, 0.717) is 26.1 Å². The van der Waals surface area contributed by atoms with Crippen molar-refractivity contribution < 1.29 is 19.8 Å². The van der Waals surface area contributed by atoms with Crippen molar-refractivity contribution in [3.05, 3.63) is 63.8 Å². The van der Waals surface area contributed by atoms with E-state index in [4.69, 9.17) is 11.6 Å². The number of carbonyl (C=O) groups excluding carboxylic acids is 1. The van der Waals surface area contributed by atoms with Crippen LogP contribution < -0.4 is 5.56 Å². The molecule has 5 rings (SSSR count). The Labute approximate surface area is 220 Å². The van der Waals surface area contributed by atoms with Crippen LogP contribution in [0, 0.1) is 5.41 Å². The van der Waals surface area contributed by atoms with Crippen LogP contribution in [0.15, 0.2) is 47.5 Å². The van der Waals surface area contributed by atoms with Gasteiger partial charge in [0.25, 0.3) is 5.56 Å². The Kier molecular flexibility index (Phi) is 6.89. The molecule has 1 aromatic heterocycles. The highest BCUT2D eigenvalue weighted by Gasteiger charge is 2.56. The molecule has 198 valence electrons. The number of likely N-dealkylation sites (tertiary alicyclic amines) is 1. The average molecular weight is 530 g/mol. The lowest BCUT2D eigenvalue weighted by atomic mass is 9.66. The summed E-state index contributed by atoms with van der Waals surface area (Å²) in [4.78, 5) is 47.1. The molecule has 2 aromatic rings. The van der Waals surface area contributed by atoms with Gasteiger partial charge in [-0.05, 0) is 24.8 Å². The first kappa shape index (κ1) is 25.5. The molecule has 2 aliphatic heterocycles. The fourth-order valence-electron chi connectivity index (χ4n) is 6.39. The molecule has 11 heteroatoms. The Balaban J connectivity index is 1.39. The molecule has 2 saturated heterocycles. The number of hydrogen-bond donors (Lipinski definition) is 2. The molecule has 3 aliphatic rings. The number of aliphatic hydroxyl groups is 1. The molecule has 1 saturated carbocycles. The Bertz CT molecular complexity index is 1220. The molecule has 1 aromatic carbocycles. The molecule has 0 radical (unpaired) electrons. The van der Waals surface area contributed by atoms with Crippen LogP contribution in [0.5, 0.6) is 0 Å². The van der Waals surface area contributed by atoms with Crippen molar-refractivity contribution in [2.75, 3.05) is 32.7 Å². The van der Waals surface area contributed by atoms with E-state index in [9.17, 15) is 24.6 Å². The van der Waals surface area contributed by atoms with Gasteiger partial charge >= 0.3 is 12.1 Å². The monoisotopic (exact) mass is 529 g/mol. The highest BCUT2D eigenvalue weighted by molar-refractivity contribution is 6.29. The highest BCUT2D eigenvalue weighted by atomic mass is 35.5. The number of benzene rings is 1. The van der Waals surface area contributed by atoms with Crippen LogP contribution in [0.1, 0.15) is 43.7 Å². The van der Waals surface area contributed by atoms with Crippen LogP contribution in [-0.4, -0.2) is 84.9 Å². The van der Waals surface area contributed by atoms with E-state index in [1.807, 2.05) is 35.2 Å². The second-order valence-corrected chi connectivity index (χ2v) is 10.9. The number of nitrogens with zero attached hydrogens (tertiary/aromatic N) is 5. The summed E-state index contributed by atoms with van der Waals surface area (Å²) in [6.07, 6.45) is 4.13. The third-order valence-corrected chi connectivity index (χ3v) is 8.67. The zero-order valence-corrected chi connectivity index (χ0v) is 21.4. The maximum atomic E-state index is 13.9. The first-order chi connectivity index (χ1) is 17.7. The average Bonchev–Trinajstić information content (AvgIpc) is 3.37. The van der Waals surface area contributed by atoms with Crippen LogP contribution in [0.2, 0.25) is 5.15 Å². The van der Waals surface area contributed by atoms with E-state index in [2.05, 4.69) is 4.98 Å². The topological polar surface area (TPSA) is 119 Å². The first-order valence-electron chi connectivity index (χ1n) is 12.7. The van der Waals surface area contributed by atoms with Crippen molar-refractivity contribution in [3.63, 3.8) is 0 Å². The summed E-state index contributed by atoms with van der Waals surface area (Å²) >= 11 is 5.85. The Morgan fingerprint density at radius 2 is 1.78 bits per heavy atom. The minimum absolute atomic E-state index is 0.0992. The van der Waals surface area contributed by atoms with E-state index >= 15 is 0 Å². The van der Waals surface area contributed by atoms with Crippen LogP contribution in [0.4, 0.5) is 9.59 Å². The predicted molar refractivity (Wildman–Crippen MR) is 136 cm³/mol. The fourth-order valence-corrected chi connectivity index (χ4v) is 6.53. The number of aromatic nitrogens is 2. The highest BCUT2D eigenvalue weighted by Crippen LogP contribution is 2.51. The minimum Gasteiger partial charge on any atom is -0.465 e. The Morgan fingerprint density at radius 1 is 1.05 bits per heavy atom. The van der Waals surface area contributed by atoms with Crippen molar-refractivity contribution in [3.8, 4) is 0 Å². The summed E-state index contributed by atoms with van der Waals surface area (Å²) in [5.74, 6) is 0. The quantitative estimate of drug-likeness (QED) is 0.590. The molecule has 10 nitrogen and oxygen atoms in total. The van der Waals surface area contributed by atoms with Gasteiger partial charge in [0.1, 0.15) is 5.15 Å². The van der Waals surface area contributed by atoms with Crippen molar-refractivity contribution >= 4 is 23.7 Å². The maximum Gasteiger partial charge on any atom is 0.407 e. The van der Waals surface area contributed by atoms with Crippen molar-refractivity contribution in [2.24, 2.45) is 5.41 Å². The largest absolute Gasteiger partial charge is 0.465 e. The van der Waals surface area contributed by atoms with E-state index in [1.54, 1.807) is 4.90 Å². The molecule has 0 bridgehead atoms. The van der Waals surface area contributed by atoms with Gasteiger partial charge in [-0.1, -0.05) is 54.8 Å². The molecule has 3 heterocycles. The third kappa shape index (κ3) is 4.80. The van der Waals surface area contributed by atoms with E-state index in [1.165, 1.54) is 21.9 Å². The number of amides is 3. The maximum absolute atomic E-state index is 13.9. The number of halogens is 1. The van der Waals surface area contributed by atoms with Gasteiger partial charge in [0.05, 0.1) is 24.5 Å². The number of urea groups is 1. The number of carboxylic acid groups (broad SMARTS) is 1. The van der Waals surface area contributed by atoms with E-state index in [-0.39, 0.29) is 36.4 Å². The lowest BCUT2D eigenvalue weighted by Crippen LogP contribution is -2.64. The number of piperazine rings is 1. The summed E-state index contributed by atoms with van der Waals surface area (Å²) in [5.41, 5.74) is -1.13. The van der Waals surface area contributed by atoms with Crippen molar-refractivity contribution in [1.29, 1.82) is 0 Å². The molecule has 3 amide bonds. The van der Waals surface area contributed by atoms with Gasteiger partial charge in [0, 0.05) is 44.2 Å². The van der Waals surface area contributed by atoms with Gasteiger partial charge in [-0.15, -0.1) is 0 Å². The molecule has 2 atom stereocenters. The second-order valence-electron chi connectivity index (χ2n) is 10.5. The zero-order valence-electron chi connectivity index (χ0n) is 20.6. The van der Waals surface area contributed by atoms with Crippen LogP contribution >= 0.6 is 11.6 Å². The van der Waals surface area contributed by atoms with Gasteiger partial charge in [-0.2, -0.15) is 0 Å². The van der Waals surface area contributed by atoms with Crippen molar-refractivity contribution in [1.82, 2.24) is 24.3 Å². The summed E-state index contributed by atoms with van der Waals surface area (Å²) < 4.78 is 1.40. The molecule has 1 aliphatic carbocycles. The lowest BCUT2D eigenvalue weighted by molar-refractivity contribution is -0.137. The molecular formula is C26H32ClN5O5. The molecule has 1 spiro atoms. The number of carbonyl (C=O) groups is 2. The number of hydrogen-bond acceptors (Lipinski definition) is 5. The Morgan fingerprint density at radius 3 is 2.46 bits per heavy atom. The predicted octanol–water partition coefficient (Wildman–Crippen LogP) is 3.05. The molecule has 3 fully saturated rings. The lowest BCUT2D eigenvalue weighted by Gasteiger charge is -2.53. The summed E-state index contributed by atoms with van der Waals surface area (Å²) in [6.45, 7) is 1.58. The summed E-state index contributed by atoms with van der Waals surface area (Å²) in [6, 6.07) is 10.2. The second kappa shape index (κ2) is 9.98. The molecule has 37 heavy (non-hydrogen) atoms. The van der Waals surface area contributed by atoms with Crippen LogP contribution in [-0.2, 0) is 6.54 Å². The van der Waals surface area contributed by atoms with Gasteiger partial charge in [0.2, 0.25) is 0 Å². The third-order valence-electron chi connectivity index (χ3n) is 8.47. The number of rotatable bonds is 3. The Hall–Kier alpha value is -3.11. The van der Waals surface area contributed by atoms with Gasteiger partial charge in [-0.3, -0.25) is 9.36 Å².